The van der Waals surface area contributed by atoms with Crippen LogP contribution in [0.1, 0.15) is 42.9 Å². The Morgan fingerprint density at radius 2 is 1.86 bits per heavy atom. The first kappa shape index (κ1) is 36.7. The Kier molecular flexibility index (Phi) is 11.0. The van der Waals surface area contributed by atoms with E-state index in [2.05, 4.69) is 10.6 Å². The second-order valence-corrected chi connectivity index (χ2v) is 18.3. The molecule has 0 aliphatic carbocycles. The number of methoxy groups -OCH3 is 1. The molecule has 0 radical (unpaired) electrons. The predicted octanol–water partition coefficient (Wildman–Crippen LogP) is 5.37. The van der Waals surface area contributed by atoms with E-state index in [4.69, 9.17) is 9.47 Å². The van der Waals surface area contributed by atoms with Crippen LogP contribution in [0.4, 0.5) is 15.5 Å². The van der Waals surface area contributed by atoms with Crippen LogP contribution in [-0.4, -0.2) is 75.6 Å². The molecule has 3 aliphatic heterocycles. The van der Waals surface area contributed by atoms with E-state index in [0.717, 1.165) is 30.5 Å². The van der Waals surface area contributed by atoms with Crippen molar-refractivity contribution in [1.29, 1.82) is 0 Å². The highest BCUT2D eigenvalue weighted by Gasteiger charge is 2.67. The van der Waals surface area contributed by atoms with Gasteiger partial charge in [-0.05, 0) is 73.9 Å². The molecule has 2 fully saturated rings. The minimum atomic E-state index is -3.53. The lowest BCUT2D eigenvalue weighted by atomic mass is 9.82. The topological polar surface area (TPSA) is 120 Å². The summed E-state index contributed by atoms with van der Waals surface area (Å²) in [6.45, 7) is 7.10. The minimum absolute atomic E-state index is 0.0108. The van der Waals surface area contributed by atoms with Crippen molar-refractivity contribution in [2.45, 2.75) is 69.6 Å². The van der Waals surface area contributed by atoms with Crippen LogP contribution in [0.15, 0.2) is 72.8 Å². The zero-order valence-corrected chi connectivity index (χ0v) is 30.9. The molecule has 3 heterocycles. The van der Waals surface area contributed by atoms with Gasteiger partial charge in [0, 0.05) is 42.3 Å². The van der Waals surface area contributed by atoms with Crippen LogP contribution < -0.4 is 20.3 Å². The quantitative estimate of drug-likeness (QED) is 0.171. The predicted molar refractivity (Wildman–Crippen MR) is 196 cm³/mol. The largest absolute Gasteiger partial charge is 0.497 e. The Morgan fingerprint density at radius 3 is 2.51 bits per heavy atom. The number of benzene rings is 3. The van der Waals surface area contributed by atoms with Crippen molar-refractivity contribution >= 4 is 37.5 Å². The molecule has 1 unspecified atom stereocenters. The third-order valence-corrected chi connectivity index (χ3v) is 13.2. The molecule has 3 amide bonds. The molecule has 3 aliphatic rings. The second kappa shape index (κ2) is 15.2. The van der Waals surface area contributed by atoms with Gasteiger partial charge in [0.25, 0.3) is 5.91 Å². The van der Waals surface area contributed by atoms with Crippen LogP contribution in [0.25, 0.3) is 0 Å². The first-order valence-corrected chi connectivity index (χ1v) is 20.8. The minimum Gasteiger partial charge on any atom is -0.497 e. The fourth-order valence-corrected chi connectivity index (χ4v) is 10.7. The summed E-state index contributed by atoms with van der Waals surface area (Å²) < 4.78 is 28.8. The molecular weight excluding hydrogens is 668 g/mol. The number of nitrogens with zero attached hydrogens (tertiary/aromatic N) is 2. The van der Waals surface area contributed by atoms with Gasteiger partial charge < -0.3 is 39.1 Å². The van der Waals surface area contributed by atoms with Crippen molar-refractivity contribution in [3.05, 3.63) is 89.5 Å². The standard InChI is InChI=1S/C39H49FN4O6Si/c1-26-36(51(3,4)40)34(22-35(46)43(19-20-45)24-27-9-6-5-7-10-27)50-39(26)32-21-31(49-2)16-17-33(32)44(38(39)48)25-28-12-14-30(15-13-28)42-37(47)29-11-8-18-41-23-29/h5-7,9-10,12-17,21,26,29,34,36,41,45H,8,11,18-20,22-25H2,1-4H3,(H,42,47)/t26-,29?,34+,36-,39+/m1/s1. The van der Waals surface area contributed by atoms with E-state index >= 15 is 4.11 Å². The highest BCUT2D eigenvalue weighted by molar-refractivity contribution is 6.72. The Bertz CT molecular complexity index is 1710. The highest BCUT2D eigenvalue weighted by atomic mass is 28.4. The second-order valence-electron chi connectivity index (χ2n) is 14.5. The zero-order valence-electron chi connectivity index (χ0n) is 29.9. The van der Waals surface area contributed by atoms with Crippen molar-refractivity contribution in [3.63, 3.8) is 0 Å². The molecule has 12 heteroatoms. The van der Waals surface area contributed by atoms with E-state index in [1.807, 2.05) is 67.6 Å². The van der Waals surface area contributed by atoms with Gasteiger partial charge >= 0.3 is 0 Å². The number of halogens is 1. The number of piperidine rings is 1. The van der Waals surface area contributed by atoms with Gasteiger partial charge in [-0.2, -0.15) is 0 Å². The van der Waals surface area contributed by atoms with E-state index < -0.39 is 31.6 Å². The lowest BCUT2D eigenvalue weighted by Gasteiger charge is -2.31. The average Bonchev–Trinajstić information content (AvgIpc) is 3.55. The molecule has 10 nitrogen and oxygen atoms in total. The SMILES string of the molecule is COc1ccc2c(c1)[C@]1(O[C@@H](CC(=O)N(CCO)Cc3ccccc3)[C@H]([Si](C)(C)F)[C@H]1C)C(=O)N2Cc1ccc(NC(=O)C2CCCNC2)cc1. The molecule has 51 heavy (non-hydrogen) atoms. The van der Waals surface area contributed by atoms with Gasteiger partial charge in [-0.25, -0.2) is 0 Å². The number of carbonyl (C=O) groups is 3. The van der Waals surface area contributed by atoms with Crippen LogP contribution in [0, 0.1) is 11.8 Å². The van der Waals surface area contributed by atoms with Gasteiger partial charge in [-0.15, -0.1) is 0 Å². The summed E-state index contributed by atoms with van der Waals surface area (Å²) in [6, 6.07) is 22.4. The fourth-order valence-electron chi connectivity index (χ4n) is 8.22. The number of aliphatic hydroxyl groups excluding tert-OH is 1. The van der Waals surface area contributed by atoms with Gasteiger partial charge in [-0.3, -0.25) is 14.4 Å². The monoisotopic (exact) mass is 716 g/mol. The molecule has 0 saturated carbocycles. The molecule has 272 valence electrons. The fraction of sp³-hybridized carbons (Fsp3) is 0.462. The van der Waals surface area contributed by atoms with E-state index in [-0.39, 0.29) is 49.8 Å². The van der Waals surface area contributed by atoms with Crippen molar-refractivity contribution in [2.24, 2.45) is 11.8 Å². The van der Waals surface area contributed by atoms with Gasteiger partial charge in [-0.1, -0.05) is 49.4 Å². The normalized spacial score (nSPS) is 24.4. The summed E-state index contributed by atoms with van der Waals surface area (Å²) in [5.74, 6) is -0.709. The number of carbonyl (C=O) groups excluding carboxylic acids is 3. The summed E-state index contributed by atoms with van der Waals surface area (Å²) in [7, 11) is -1.97. The molecule has 5 atom stereocenters. The lowest BCUT2D eigenvalue weighted by Crippen LogP contribution is -2.45. The van der Waals surface area contributed by atoms with Crippen molar-refractivity contribution in [3.8, 4) is 5.75 Å². The summed E-state index contributed by atoms with van der Waals surface area (Å²) in [4.78, 5) is 44.7. The van der Waals surface area contributed by atoms with Crippen LogP contribution in [0.3, 0.4) is 0 Å². The number of amides is 3. The third kappa shape index (κ3) is 7.46. The van der Waals surface area contributed by atoms with Gasteiger partial charge in [0.1, 0.15) is 5.75 Å². The number of anilines is 2. The number of rotatable bonds is 12. The van der Waals surface area contributed by atoms with Gasteiger partial charge in [0.15, 0.2) is 5.60 Å². The average molecular weight is 717 g/mol. The van der Waals surface area contributed by atoms with Gasteiger partial charge in [0.05, 0.1) is 44.4 Å². The Morgan fingerprint density at radius 1 is 1.12 bits per heavy atom. The summed E-state index contributed by atoms with van der Waals surface area (Å²) in [6.07, 6.45) is 0.839. The molecule has 0 aromatic heterocycles. The van der Waals surface area contributed by atoms with E-state index in [1.165, 1.54) is 0 Å². The smallest absolute Gasteiger partial charge is 0.264 e. The van der Waals surface area contributed by atoms with Crippen LogP contribution in [0.5, 0.6) is 5.75 Å². The summed E-state index contributed by atoms with van der Waals surface area (Å²) >= 11 is 0. The molecule has 3 N–H and O–H groups in total. The van der Waals surface area contributed by atoms with E-state index in [0.29, 0.717) is 35.8 Å². The molecule has 3 aromatic carbocycles. The Labute approximate surface area is 300 Å². The van der Waals surface area contributed by atoms with Crippen LogP contribution >= 0.6 is 0 Å². The molecule has 3 aromatic rings. The maximum Gasteiger partial charge on any atom is 0.264 e. The molecule has 2 saturated heterocycles. The van der Waals surface area contributed by atoms with Gasteiger partial charge in [0.2, 0.25) is 20.2 Å². The maximum absolute atomic E-state index is 16.4. The van der Waals surface area contributed by atoms with Crippen molar-refractivity contribution < 1.29 is 33.1 Å². The summed E-state index contributed by atoms with van der Waals surface area (Å²) in [5.41, 5.74) is 1.48. The molecule has 1 spiro atoms. The van der Waals surface area contributed by atoms with Crippen LogP contribution in [0.2, 0.25) is 18.6 Å². The Balaban J connectivity index is 1.27. The number of nitrogens with one attached hydrogen (secondary N) is 2. The number of aliphatic hydroxyl groups is 1. The number of ether oxygens (including phenoxy) is 2. The third-order valence-electron chi connectivity index (χ3n) is 10.7. The zero-order chi connectivity index (χ0) is 36.3. The first-order valence-electron chi connectivity index (χ1n) is 17.9. The van der Waals surface area contributed by atoms with Crippen molar-refractivity contribution in [2.75, 3.05) is 43.6 Å². The Hall–Kier alpha value is -4.10. The van der Waals surface area contributed by atoms with E-state index in [9.17, 15) is 19.5 Å². The van der Waals surface area contributed by atoms with Crippen molar-refractivity contribution in [1.82, 2.24) is 10.2 Å². The molecular formula is C39H49FN4O6Si. The van der Waals surface area contributed by atoms with Crippen LogP contribution in [-0.2, 0) is 37.8 Å². The summed E-state index contributed by atoms with van der Waals surface area (Å²) in [5, 5.41) is 16.1. The lowest BCUT2D eigenvalue weighted by molar-refractivity contribution is -0.150. The first-order chi connectivity index (χ1) is 24.5. The number of hydrogen-bond acceptors (Lipinski definition) is 7. The number of fused-ring (bicyclic) bond motifs is 2. The molecule has 6 rings (SSSR count). The number of hydrogen-bond donors (Lipinski definition) is 3. The highest BCUT2D eigenvalue weighted by Crippen LogP contribution is 2.60. The maximum atomic E-state index is 16.4. The molecule has 0 bridgehead atoms. The van der Waals surface area contributed by atoms with E-state index in [1.54, 1.807) is 42.1 Å².